The van der Waals surface area contributed by atoms with Gasteiger partial charge in [0.2, 0.25) is 0 Å². The minimum atomic E-state index is -0.0922. The minimum absolute atomic E-state index is 0.0859. The van der Waals surface area contributed by atoms with E-state index in [4.69, 9.17) is 4.74 Å². The molecule has 1 fully saturated rings. The van der Waals surface area contributed by atoms with E-state index in [0.29, 0.717) is 0 Å². The van der Waals surface area contributed by atoms with E-state index < -0.39 is 0 Å². The number of likely N-dealkylation sites (tertiary alicyclic amines) is 1. The lowest BCUT2D eigenvalue weighted by atomic mass is 9.80. The van der Waals surface area contributed by atoms with Gasteiger partial charge in [0.1, 0.15) is 0 Å². The Kier molecular flexibility index (Phi) is 12.2. The fourth-order valence-corrected chi connectivity index (χ4v) is 4.70. The molecule has 2 atom stereocenters. The van der Waals surface area contributed by atoms with Crippen LogP contribution >= 0.6 is 25.3 Å². The average Bonchev–Trinajstić information content (AvgIpc) is 2.76. The topological polar surface area (TPSA) is 44.8 Å². The number of nitrogens with one attached hydrogen (secondary N) is 1. The van der Waals surface area contributed by atoms with Crippen LogP contribution in [0.5, 0.6) is 0 Å². The Labute approximate surface area is 193 Å². The Morgan fingerprint density at radius 3 is 2.60 bits per heavy atom. The van der Waals surface area contributed by atoms with Crippen LogP contribution in [-0.2, 0) is 9.53 Å². The van der Waals surface area contributed by atoms with Crippen molar-refractivity contribution in [1.29, 1.82) is 0 Å². The van der Waals surface area contributed by atoms with Crippen LogP contribution in [0, 0.1) is 12.8 Å². The smallest absolute Gasteiger partial charge is 0.310 e. The molecule has 0 amide bonds. The first kappa shape index (κ1) is 25.5. The zero-order chi connectivity index (χ0) is 21.8. The summed E-state index contributed by atoms with van der Waals surface area (Å²) in [5.74, 6) is 1.81. The molecule has 2 unspecified atom stereocenters. The molecule has 0 saturated carbocycles. The second kappa shape index (κ2) is 14.4. The summed E-state index contributed by atoms with van der Waals surface area (Å²) in [4.78, 5) is 17.4. The number of piperidine rings is 1. The highest BCUT2D eigenvalue weighted by atomic mass is 32.1. The van der Waals surface area contributed by atoms with Crippen molar-refractivity contribution < 1.29 is 9.53 Å². The Balaban J connectivity index is 1.85. The molecule has 0 aromatic heterocycles. The molecule has 0 aliphatic carbocycles. The van der Waals surface area contributed by atoms with Gasteiger partial charge >= 0.3 is 5.97 Å². The van der Waals surface area contributed by atoms with Gasteiger partial charge in [0.05, 0.1) is 13.0 Å². The van der Waals surface area contributed by atoms with E-state index >= 15 is 0 Å². The predicted octanol–water partition coefficient (Wildman–Crippen LogP) is 2.71. The number of carbonyl (C=O) groups is 1. The van der Waals surface area contributed by atoms with Gasteiger partial charge in [-0.15, -0.1) is 0 Å². The SMILES string of the molecule is COC(=O)C1CN(CCCN(CCS)CCNCCS)CCC1c1ccc(C)cc1. The highest BCUT2D eigenvalue weighted by Gasteiger charge is 2.35. The maximum absolute atomic E-state index is 12.5. The van der Waals surface area contributed by atoms with Crippen LogP contribution in [0.15, 0.2) is 24.3 Å². The van der Waals surface area contributed by atoms with E-state index in [1.54, 1.807) is 0 Å². The van der Waals surface area contributed by atoms with Crippen molar-refractivity contribution in [2.24, 2.45) is 5.92 Å². The van der Waals surface area contributed by atoms with Crippen LogP contribution in [0.4, 0.5) is 0 Å². The van der Waals surface area contributed by atoms with Crippen molar-refractivity contribution >= 4 is 31.2 Å². The summed E-state index contributed by atoms with van der Waals surface area (Å²) in [6.45, 7) is 9.95. The summed E-state index contributed by atoms with van der Waals surface area (Å²) in [6, 6.07) is 8.61. The maximum Gasteiger partial charge on any atom is 0.310 e. The number of carbonyl (C=O) groups excluding carboxylic acids is 1. The Morgan fingerprint density at radius 2 is 1.93 bits per heavy atom. The second-order valence-corrected chi connectivity index (χ2v) is 9.02. The van der Waals surface area contributed by atoms with E-state index in [9.17, 15) is 4.79 Å². The molecule has 1 aliphatic heterocycles. The van der Waals surface area contributed by atoms with Crippen molar-refractivity contribution in [2.75, 3.05) is 71.0 Å². The molecule has 5 nitrogen and oxygen atoms in total. The first-order valence-corrected chi connectivity index (χ1v) is 12.4. The van der Waals surface area contributed by atoms with Crippen LogP contribution in [-0.4, -0.2) is 86.7 Å². The van der Waals surface area contributed by atoms with E-state index in [2.05, 4.69) is 71.6 Å². The molecule has 0 spiro atoms. The molecule has 1 aliphatic rings. The lowest BCUT2D eigenvalue weighted by Gasteiger charge is -2.37. The molecular formula is C23H39N3O2S2. The first-order valence-electron chi connectivity index (χ1n) is 11.1. The molecular weight excluding hydrogens is 414 g/mol. The quantitative estimate of drug-likeness (QED) is 0.244. The fourth-order valence-electron chi connectivity index (χ4n) is 4.26. The first-order chi connectivity index (χ1) is 14.6. The number of aryl methyl sites for hydroxylation is 1. The van der Waals surface area contributed by atoms with Gasteiger partial charge in [-0.05, 0) is 50.9 Å². The van der Waals surface area contributed by atoms with E-state index in [1.165, 1.54) is 18.2 Å². The van der Waals surface area contributed by atoms with Gasteiger partial charge in [-0.2, -0.15) is 25.3 Å². The van der Waals surface area contributed by atoms with Gasteiger partial charge < -0.3 is 19.9 Å². The molecule has 1 N–H and O–H groups in total. The number of hydrogen-bond donors (Lipinski definition) is 3. The number of methoxy groups -OCH3 is 1. The van der Waals surface area contributed by atoms with Gasteiger partial charge in [-0.3, -0.25) is 4.79 Å². The third-order valence-corrected chi connectivity index (χ3v) is 6.39. The van der Waals surface area contributed by atoms with Gasteiger partial charge in [0.15, 0.2) is 0 Å². The van der Waals surface area contributed by atoms with Crippen LogP contribution in [0.2, 0.25) is 0 Å². The highest BCUT2D eigenvalue weighted by Crippen LogP contribution is 2.34. The van der Waals surface area contributed by atoms with Crippen molar-refractivity contribution in [3.8, 4) is 0 Å². The van der Waals surface area contributed by atoms with Crippen molar-refractivity contribution in [3.05, 3.63) is 35.4 Å². The number of esters is 1. The van der Waals surface area contributed by atoms with Crippen LogP contribution in [0.3, 0.4) is 0 Å². The molecule has 7 heteroatoms. The highest BCUT2D eigenvalue weighted by molar-refractivity contribution is 7.80. The zero-order valence-electron chi connectivity index (χ0n) is 18.6. The molecule has 170 valence electrons. The Bertz CT molecular complexity index is 615. The van der Waals surface area contributed by atoms with Gasteiger partial charge in [-0.25, -0.2) is 0 Å². The molecule has 1 aromatic carbocycles. The molecule has 30 heavy (non-hydrogen) atoms. The van der Waals surface area contributed by atoms with Crippen LogP contribution < -0.4 is 5.32 Å². The number of ether oxygens (including phenoxy) is 1. The zero-order valence-corrected chi connectivity index (χ0v) is 20.3. The monoisotopic (exact) mass is 453 g/mol. The van der Waals surface area contributed by atoms with Crippen molar-refractivity contribution in [3.63, 3.8) is 0 Å². The molecule has 0 bridgehead atoms. The number of thiol groups is 2. The number of rotatable bonds is 13. The van der Waals surface area contributed by atoms with Crippen molar-refractivity contribution in [1.82, 2.24) is 15.1 Å². The normalized spacial score (nSPS) is 19.9. The van der Waals surface area contributed by atoms with Crippen LogP contribution in [0.25, 0.3) is 0 Å². The number of hydrogen-bond acceptors (Lipinski definition) is 7. The summed E-state index contributed by atoms with van der Waals surface area (Å²) in [5, 5.41) is 3.41. The molecule has 0 radical (unpaired) electrons. The number of benzene rings is 1. The van der Waals surface area contributed by atoms with Crippen LogP contribution in [0.1, 0.15) is 29.9 Å². The Hall–Kier alpha value is -0.730. The van der Waals surface area contributed by atoms with Gasteiger partial charge in [-0.1, -0.05) is 29.8 Å². The average molecular weight is 454 g/mol. The molecule has 1 saturated heterocycles. The lowest BCUT2D eigenvalue weighted by Crippen LogP contribution is -2.44. The summed E-state index contributed by atoms with van der Waals surface area (Å²) >= 11 is 8.64. The van der Waals surface area contributed by atoms with E-state index in [-0.39, 0.29) is 17.8 Å². The van der Waals surface area contributed by atoms with Gasteiger partial charge in [0, 0.05) is 44.2 Å². The van der Waals surface area contributed by atoms with Crippen molar-refractivity contribution in [2.45, 2.75) is 25.7 Å². The van der Waals surface area contributed by atoms with Gasteiger partial charge in [0.25, 0.3) is 0 Å². The maximum atomic E-state index is 12.5. The predicted molar refractivity (Wildman–Crippen MR) is 132 cm³/mol. The summed E-state index contributed by atoms with van der Waals surface area (Å²) in [5.41, 5.74) is 2.50. The third-order valence-electron chi connectivity index (χ3n) is 5.96. The standard InChI is InChI=1S/C23H39N3O2S2/c1-19-4-6-20(7-5-19)21-8-13-26(18-22(21)23(27)28-2)12-3-11-25(15-17-30)14-9-24-10-16-29/h4-7,21-22,24,29-30H,3,8-18H2,1-2H3. The van der Waals surface area contributed by atoms with E-state index in [1.807, 2.05) is 0 Å². The molecule has 2 rings (SSSR count). The summed E-state index contributed by atoms with van der Waals surface area (Å²) in [7, 11) is 1.50. The third kappa shape index (κ3) is 8.42. The summed E-state index contributed by atoms with van der Waals surface area (Å²) in [6.07, 6.45) is 2.10. The Morgan fingerprint density at radius 1 is 1.17 bits per heavy atom. The summed E-state index contributed by atoms with van der Waals surface area (Å²) < 4.78 is 5.16. The largest absolute Gasteiger partial charge is 0.469 e. The second-order valence-electron chi connectivity index (χ2n) is 8.13. The molecule has 1 aromatic rings. The molecule has 1 heterocycles. The lowest BCUT2D eigenvalue weighted by molar-refractivity contribution is -0.148. The van der Waals surface area contributed by atoms with E-state index in [0.717, 1.165) is 76.7 Å². The number of nitrogens with zero attached hydrogens (tertiary/aromatic N) is 2. The fraction of sp³-hybridized carbons (Fsp3) is 0.696. The minimum Gasteiger partial charge on any atom is -0.469 e.